The van der Waals surface area contributed by atoms with E-state index in [1.807, 2.05) is 13.8 Å². The molecule has 0 aliphatic rings. The Morgan fingerprint density at radius 1 is 1.33 bits per heavy atom. The molecule has 6 heteroatoms. The summed E-state index contributed by atoms with van der Waals surface area (Å²) in [6.07, 6.45) is 3.64. The summed E-state index contributed by atoms with van der Waals surface area (Å²) in [4.78, 5) is 8.32. The van der Waals surface area contributed by atoms with Crippen molar-refractivity contribution >= 4 is 5.96 Å². The number of nitrogens with one attached hydrogen (secondary N) is 2. The number of hydrogen-bond acceptors (Lipinski definition) is 4. The highest BCUT2D eigenvalue weighted by Gasteiger charge is 2.06. The maximum atomic E-state index is 10.1. The predicted molar refractivity (Wildman–Crippen MR) is 84.3 cm³/mol. The van der Waals surface area contributed by atoms with Crippen LogP contribution in [0.2, 0.25) is 0 Å². The van der Waals surface area contributed by atoms with Gasteiger partial charge in [0, 0.05) is 38.7 Å². The molecule has 1 unspecified atom stereocenters. The van der Waals surface area contributed by atoms with Gasteiger partial charge in [0.1, 0.15) is 0 Å². The summed E-state index contributed by atoms with van der Waals surface area (Å²) in [6, 6.07) is 3.59. The summed E-state index contributed by atoms with van der Waals surface area (Å²) in [6.45, 7) is 7.36. The summed E-state index contributed by atoms with van der Waals surface area (Å²) in [5.41, 5.74) is 0.820. The lowest BCUT2D eigenvalue weighted by atomic mass is 10.1. The Balaban J connectivity index is 2.40. The number of guanidine groups is 1. The smallest absolute Gasteiger partial charge is 0.191 e. The number of pyridine rings is 1. The second-order valence-corrected chi connectivity index (χ2v) is 4.49. The molecule has 1 aromatic heterocycles. The van der Waals surface area contributed by atoms with Crippen LogP contribution in [0.15, 0.2) is 29.5 Å². The average Bonchev–Trinajstić information content (AvgIpc) is 2.52. The summed E-state index contributed by atoms with van der Waals surface area (Å²) in [7, 11) is 0. The molecule has 0 bridgehead atoms. The van der Waals surface area contributed by atoms with Gasteiger partial charge in [0.2, 0.25) is 0 Å². The van der Waals surface area contributed by atoms with E-state index < -0.39 is 6.10 Å². The molecule has 0 aromatic carbocycles. The molecule has 0 amide bonds. The Morgan fingerprint density at radius 2 is 2.10 bits per heavy atom. The van der Waals surface area contributed by atoms with Crippen LogP contribution >= 0.6 is 0 Å². The Hall–Kier alpha value is -1.66. The van der Waals surface area contributed by atoms with Crippen molar-refractivity contribution < 1.29 is 9.84 Å². The highest BCUT2D eigenvalue weighted by Crippen LogP contribution is 2.10. The van der Waals surface area contributed by atoms with E-state index in [2.05, 4.69) is 20.6 Å². The zero-order valence-corrected chi connectivity index (χ0v) is 12.9. The maximum Gasteiger partial charge on any atom is 0.191 e. The fourth-order valence-electron chi connectivity index (χ4n) is 1.74. The Morgan fingerprint density at radius 3 is 2.76 bits per heavy atom. The normalized spacial score (nSPS) is 13.0. The Bertz CT molecular complexity index is 398. The number of aliphatic hydroxyl groups is 1. The van der Waals surface area contributed by atoms with Crippen molar-refractivity contribution in [2.45, 2.75) is 26.4 Å². The van der Waals surface area contributed by atoms with Gasteiger partial charge in [-0.1, -0.05) is 0 Å². The second kappa shape index (κ2) is 11.0. The van der Waals surface area contributed by atoms with E-state index >= 15 is 0 Å². The van der Waals surface area contributed by atoms with Crippen LogP contribution in [-0.2, 0) is 4.74 Å². The minimum atomic E-state index is -0.619. The van der Waals surface area contributed by atoms with Crippen LogP contribution in [0, 0.1) is 0 Å². The molecule has 0 spiro atoms. The third-order valence-corrected chi connectivity index (χ3v) is 2.82. The molecular formula is C15H26N4O2. The summed E-state index contributed by atoms with van der Waals surface area (Å²) < 4.78 is 5.29. The van der Waals surface area contributed by atoms with E-state index in [4.69, 9.17) is 4.74 Å². The maximum absolute atomic E-state index is 10.1. The Labute approximate surface area is 126 Å². The molecule has 6 nitrogen and oxygen atoms in total. The summed E-state index contributed by atoms with van der Waals surface area (Å²) in [5, 5.41) is 16.4. The molecule has 3 N–H and O–H groups in total. The van der Waals surface area contributed by atoms with Crippen LogP contribution in [0.4, 0.5) is 0 Å². The van der Waals surface area contributed by atoms with Crippen LogP contribution in [0.5, 0.6) is 0 Å². The van der Waals surface area contributed by atoms with Gasteiger partial charge in [-0.25, -0.2) is 0 Å². The quantitative estimate of drug-likeness (QED) is 0.361. The van der Waals surface area contributed by atoms with Crippen LogP contribution in [0.3, 0.4) is 0 Å². The van der Waals surface area contributed by atoms with Crippen LogP contribution < -0.4 is 10.6 Å². The van der Waals surface area contributed by atoms with Crippen molar-refractivity contribution in [1.82, 2.24) is 15.6 Å². The first-order valence-electron chi connectivity index (χ1n) is 7.45. The third-order valence-electron chi connectivity index (χ3n) is 2.82. The van der Waals surface area contributed by atoms with E-state index in [1.165, 1.54) is 0 Å². The zero-order chi connectivity index (χ0) is 15.3. The van der Waals surface area contributed by atoms with E-state index in [0.717, 1.165) is 38.3 Å². The minimum absolute atomic E-state index is 0.310. The molecule has 0 aliphatic carbocycles. The summed E-state index contributed by atoms with van der Waals surface area (Å²) in [5.74, 6) is 0.710. The number of nitrogens with zero attached hydrogens (tertiary/aromatic N) is 2. The van der Waals surface area contributed by atoms with E-state index in [9.17, 15) is 5.11 Å². The number of aliphatic hydroxyl groups excluding tert-OH is 1. The van der Waals surface area contributed by atoms with Gasteiger partial charge in [0.25, 0.3) is 0 Å². The average molecular weight is 294 g/mol. The Kier molecular flexibility index (Phi) is 9.15. The van der Waals surface area contributed by atoms with Gasteiger partial charge in [-0.05, 0) is 38.0 Å². The summed E-state index contributed by atoms with van der Waals surface area (Å²) >= 11 is 0. The molecule has 1 rings (SSSR count). The monoisotopic (exact) mass is 294 g/mol. The number of hydrogen-bond donors (Lipinski definition) is 3. The van der Waals surface area contributed by atoms with Crippen molar-refractivity contribution in [3.05, 3.63) is 30.1 Å². The predicted octanol–water partition coefficient (Wildman–Crippen LogP) is 1.10. The van der Waals surface area contributed by atoms with Crippen LogP contribution in [0.25, 0.3) is 0 Å². The standard InChI is InChI=1S/C15H26N4O2/c1-3-17-15(18-8-5-11-21-4-2)19-12-14(20)13-6-9-16-10-7-13/h6-7,9-10,14,20H,3-5,8,11-12H2,1-2H3,(H2,17,18,19). The SMILES string of the molecule is CCNC(=NCC(O)c1ccncc1)NCCCOCC. The first-order valence-corrected chi connectivity index (χ1v) is 7.45. The van der Waals surface area contributed by atoms with Crippen LogP contribution in [0.1, 0.15) is 31.9 Å². The fourth-order valence-corrected chi connectivity index (χ4v) is 1.74. The number of aliphatic imine (C=N–C) groups is 1. The lowest BCUT2D eigenvalue weighted by Gasteiger charge is -2.13. The molecule has 0 fully saturated rings. The first kappa shape index (κ1) is 17.4. The van der Waals surface area contributed by atoms with Crippen molar-refractivity contribution in [3.63, 3.8) is 0 Å². The number of aromatic nitrogens is 1. The van der Waals surface area contributed by atoms with Gasteiger partial charge in [-0.2, -0.15) is 0 Å². The molecule has 0 saturated carbocycles. The third kappa shape index (κ3) is 7.63. The van der Waals surface area contributed by atoms with E-state index in [-0.39, 0.29) is 0 Å². The van der Waals surface area contributed by atoms with Crippen molar-refractivity contribution in [2.75, 3.05) is 32.8 Å². The fraction of sp³-hybridized carbons (Fsp3) is 0.600. The van der Waals surface area contributed by atoms with Crippen molar-refractivity contribution in [1.29, 1.82) is 0 Å². The molecule has 1 aromatic rings. The van der Waals surface area contributed by atoms with Gasteiger partial charge in [-0.3, -0.25) is 9.98 Å². The van der Waals surface area contributed by atoms with Crippen LogP contribution in [-0.4, -0.2) is 48.9 Å². The van der Waals surface area contributed by atoms with Gasteiger partial charge in [-0.15, -0.1) is 0 Å². The lowest BCUT2D eigenvalue weighted by Crippen LogP contribution is -2.38. The molecule has 1 heterocycles. The van der Waals surface area contributed by atoms with E-state index in [0.29, 0.717) is 12.5 Å². The second-order valence-electron chi connectivity index (χ2n) is 4.49. The van der Waals surface area contributed by atoms with Gasteiger partial charge in [0.05, 0.1) is 12.6 Å². The topological polar surface area (TPSA) is 78.8 Å². The molecule has 21 heavy (non-hydrogen) atoms. The number of rotatable bonds is 9. The zero-order valence-electron chi connectivity index (χ0n) is 12.9. The highest BCUT2D eigenvalue weighted by molar-refractivity contribution is 5.79. The van der Waals surface area contributed by atoms with Gasteiger partial charge >= 0.3 is 0 Å². The number of ether oxygens (including phenoxy) is 1. The minimum Gasteiger partial charge on any atom is -0.386 e. The first-order chi connectivity index (χ1) is 10.3. The molecule has 1 atom stereocenters. The highest BCUT2D eigenvalue weighted by atomic mass is 16.5. The lowest BCUT2D eigenvalue weighted by molar-refractivity contribution is 0.145. The molecule has 0 radical (unpaired) electrons. The van der Waals surface area contributed by atoms with E-state index in [1.54, 1.807) is 24.5 Å². The largest absolute Gasteiger partial charge is 0.386 e. The van der Waals surface area contributed by atoms with Gasteiger partial charge < -0.3 is 20.5 Å². The molecule has 0 saturated heterocycles. The molecular weight excluding hydrogens is 268 g/mol. The molecule has 0 aliphatic heterocycles. The van der Waals surface area contributed by atoms with Crippen molar-refractivity contribution in [2.24, 2.45) is 4.99 Å². The van der Waals surface area contributed by atoms with Crippen molar-refractivity contribution in [3.8, 4) is 0 Å². The molecule has 118 valence electrons. The van der Waals surface area contributed by atoms with Gasteiger partial charge in [0.15, 0.2) is 5.96 Å².